The molecule has 0 amide bonds. The van der Waals surface area contributed by atoms with Crippen molar-refractivity contribution in [1.82, 2.24) is 4.98 Å². The van der Waals surface area contributed by atoms with Gasteiger partial charge in [-0.2, -0.15) is 0 Å². The van der Waals surface area contributed by atoms with Gasteiger partial charge in [-0.15, -0.1) is 0 Å². The highest BCUT2D eigenvalue weighted by atomic mass is 16.5. The molecular weight excluding hydrogens is 358 g/mol. The van der Waals surface area contributed by atoms with E-state index < -0.39 is 24.3 Å². The number of aryl methyl sites for hydroxylation is 1. The summed E-state index contributed by atoms with van der Waals surface area (Å²) < 4.78 is 9.91. The molecule has 0 unspecified atom stereocenters. The number of H-pyrrole nitrogens is 1. The zero-order valence-electron chi connectivity index (χ0n) is 16.0. The summed E-state index contributed by atoms with van der Waals surface area (Å²) in [5, 5.41) is 2.02. The topological polar surface area (TPSA) is 85.5 Å². The summed E-state index contributed by atoms with van der Waals surface area (Å²) in [5.41, 5.74) is 2.44. The molecule has 1 aromatic heterocycles. The van der Waals surface area contributed by atoms with Crippen molar-refractivity contribution in [2.24, 2.45) is 0 Å². The van der Waals surface area contributed by atoms with Crippen LogP contribution in [0.25, 0.3) is 10.8 Å². The molecule has 28 heavy (non-hydrogen) atoms. The van der Waals surface area contributed by atoms with Crippen molar-refractivity contribution in [1.29, 1.82) is 0 Å². The Balaban J connectivity index is 1.68. The lowest BCUT2D eigenvalue weighted by Gasteiger charge is -2.07. The number of fused-ring (bicyclic) bond motifs is 1. The predicted molar refractivity (Wildman–Crippen MR) is 105 cm³/mol. The largest absolute Gasteiger partial charge is 0.465 e. The summed E-state index contributed by atoms with van der Waals surface area (Å²) in [5.74, 6) is -1.40. The third kappa shape index (κ3) is 3.81. The van der Waals surface area contributed by atoms with Crippen LogP contribution in [0.2, 0.25) is 0 Å². The molecular formula is C22H21NO5. The summed E-state index contributed by atoms with van der Waals surface area (Å²) in [6.07, 6.45) is 0.0742. The summed E-state index contributed by atoms with van der Waals surface area (Å²) in [6.45, 7) is 2.94. The van der Waals surface area contributed by atoms with Gasteiger partial charge in [-0.25, -0.2) is 4.79 Å². The van der Waals surface area contributed by atoms with E-state index in [9.17, 15) is 14.4 Å². The molecule has 3 aromatic rings. The Morgan fingerprint density at radius 2 is 1.71 bits per heavy atom. The number of hydrogen-bond donors (Lipinski definition) is 1. The van der Waals surface area contributed by atoms with Gasteiger partial charge in [-0.05, 0) is 35.7 Å². The minimum atomic E-state index is -0.516. The molecule has 2 aromatic carbocycles. The number of carbonyl (C=O) groups is 3. The monoisotopic (exact) mass is 379 g/mol. The summed E-state index contributed by atoms with van der Waals surface area (Å²) in [7, 11) is 1.28. The third-order valence-corrected chi connectivity index (χ3v) is 4.68. The zero-order valence-corrected chi connectivity index (χ0v) is 16.0. The van der Waals surface area contributed by atoms with E-state index in [0.29, 0.717) is 16.8 Å². The molecule has 0 bridgehead atoms. The molecule has 0 atom stereocenters. The molecule has 3 rings (SSSR count). The molecule has 0 aliphatic rings. The van der Waals surface area contributed by atoms with E-state index in [0.717, 1.165) is 16.3 Å². The van der Waals surface area contributed by atoms with Crippen LogP contribution in [0.4, 0.5) is 0 Å². The van der Waals surface area contributed by atoms with Gasteiger partial charge in [-0.3, -0.25) is 9.59 Å². The number of rotatable bonds is 6. The first-order valence-electron chi connectivity index (χ1n) is 8.85. The number of aromatic amines is 1. The number of benzene rings is 2. The van der Waals surface area contributed by atoms with E-state index in [4.69, 9.17) is 9.47 Å². The number of methoxy groups -OCH3 is 1. The van der Waals surface area contributed by atoms with E-state index in [1.54, 1.807) is 13.8 Å². The van der Waals surface area contributed by atoms with Crippen LogP contribution in [0.1, 0.15) is 37.7 Å². The third-order valence-electron chi connectivity index (χ3n) is 4.68. The number of aromatic nitrogens is 1. The first kappa shape index (κ1) is 19.4. The minimum Gasteiger partial charge on any atom is -0.465 e. The number of esters is 2. The second-order valence-electron chi connectivity index (χ2n) is 6.52. The highest BCUT2D eigenvalue weighted by Gasteiger charge is 2.23. The molecule has 6 heteroatoms. The van der Waals surface area contributed by atoms with E-state index in [-0.39, 0.29) is 12.1 Å². The lowest BCUT2D eigenvalue weighted by molar-refractivity contribution is -0.141. The highest BCUT2D eigenvalue weighted by Crippen LogP contribution is 2.21. The van der Waals surface area contributed by atoms with Gasteiger partial charge in [0.05, 0.1) is 24.8 Å². The van der Waals surface area contributed by atoms with E-state index in [1.807, 2.05) is 42.5 Å². The maximum Gasteiger partial charge on any atom is 0.339 e. The first-order chi connectivity index (χ1) is 13.4. The Morgan fingerprint density at radius 1 is 1.00 bits per heavy atom. The second kappa shape index (κ2) is 8.08. The Hall–Kier alpha value is -3.41. The first-order valence-corrected chi connectivity index (χ1v) is 8.85. The fourth-order valence-electron chi connectivity index (χ4n) is 3.31. The predicted octanol–water partition coefficient (Wildman–Crippen LogP) is 3.54. The fourth-order valence-corrected chi connectivity index (χ4v) is 3.31. The number of ketones is 1. The van der Waals surface area contributed by atoms with Gasteiger partial charge < -0.3 is 14.5 Å². The Kier molecular flexibility index (Phi) is 5.59. The SMILES string of the molecule is COC(=O)c1c(C)[nH]c(C(=O)COC(=O)Cc2cccc3ccccc23)c1C. The van der Waals surface area contributed by atoms with Gasteiger partial charge in [0, 0.05) is 5.69 Å². The Morgan fingerprint density at radius 3 is 2.46 bits per heavy atom. The lowest BCUT2D eigenvalue weighted by Crippen LogP contribution is -2.17. The van der Waals surface area contributed by atoms with Crippen LogP contribution >= 0.6 is 0 Å². The van der Waals surface area contributed by atoms with Gasteiger partial charge >= 0.3 is 11.9 Å². The van der Waals surface area contributed by atoms with Crippen molar-refractivity contribution in [2.75, 3.05) is 13.7 Å². The number of ether oxygens (including phenoxy) is 2. The zero-order chi connectivity index (χ0) is 20.3. The van der Waals surface area contributed by atoms with Gasteiger partial charge in [0.1, 0.15) is 0 Å². The van der Waals surface area contributed by atoms with E-state index >= 15 is 0 Å². The van der Waals surface area contributed by atoms with Crippen molar-refractivity contribution in [3.63, 3.8) is 0 Å². The van der Waals surface area contributed by atoms with Crippen LogP contribution in [0, 0.1) is 13.8 Å². The van der Waals surface area contributed by atoms with Gasteiger partial charge in [-0.1, -0.05) is 42.5 Å². The molecule has 0 aliphatic carbocycles. The molecule has 0 fully saturated rings. The van der Waals surface area contributed by atoms with Crippen LogP contribution in [0.5, 0.6) is 0 Å². The van der Waals surface area contributed by atoms with Crippen molar-refractivity contribution in [3.8, 4) is 0 Å². The lowest BCUT2D eigenvalue weighted by atomic mass is 10.0. The highest BCUT2D eigenvalue weighted by molar-refractivity contribution is 6.02. The van der Waals surface area contributed by atoms with Gasteiger partial charge in [0.2, 0.25) is 5.78 Å². The molecule has 0 radical (unpaired) electrons. The Bertz CT molecular complexity index is 1060. The standard InChI is InChI=1S/C22H21NO5/c1-13-20(22(26)27-3)14(2)23-21(13)18(24)12-28-19(25)11-16-9-6-8-15-7-4-5-10-17(15)16/h4-10,23H,11-12H2,1-3H3. The summed E-state index contributed by atoms with van der Waals surface area (Å²) in [6, 6.07) is 13.5. The Labute approximate surface area is 162 Å². The van der Waals surface area contributed by atoms with Crippen molar-refractivity contribution in [3.05, 3.63) is 70.5 Å². The smallest absolute Gasteiger partial charge is 0.339 e. The maximum atomic E-state index is 12.5. The number of hydrogen-bond acceptors (Lipinski definition) is 5. The van der Waals surface area contributed by atoms with Crippen LogP contribution in [-0.2, 0) is 20.7 Å². The van der Waals surface area contributed by atoms with Crippen LogP contribution in [-0.4, -0.2) is 36.4 Å². The van der Waals surface area contributed by atoms with Crippen molar-refractivity contribution < 1.29 is 23.9 Å². The van der Waals surface area contributed by atoms with Crippen molar-refractivity contribution >= 4 is 28.5 Å². The van der Waals surface area contributed by atoms with Crippen LogP contribution in [0.15, 0.2) is 42.5 Å². The molecule has 0 spiro atoms. The normalized spacial score (nSPS) is 10.7. The number of carbonyl (C=O) groups excluding carboxylic acids is 3. The van der Waals surface area contributed by atoms with E-state index in [1.165, 1.54) is 7.11 Å². The second-order valence-corrected chi connectivity index (χ2v) is 6.52. The van der Waals surface area contributed by atoms with Gasteiger partial charge in [0.25, 0.3) is 0 Å². The fraction of sp³-hybridized carbons (Fsp3) is 0.227. The minimum absolute atomic E-state index is 0.0742. The average Bonchev–Trinajstić information content (AvgIpc) is 3.00. The molecule has 1 N–H and O–H groups in total. The molecule has 1 heterocycles. The van der Waals surface area contributed by atoms with Gasteiger partial charge in [0.15, 0.2) is 6.61 Å². The average molecular weight is 379 g/mol. The van der Waals surface area contributed by atoms with Crippen LogP contribution < -0.4 is 0 Å². The molecule has 0 saturated carbocycles. The van der Waals surface area contributed by atoms with Crippen LogP contribution in [0.3, 0.4) is 0 Å². The summed E-state index contributed by atoms with van der Waals surface area (Å²) in [4.78, 5) is 39.4. The number of nitrogens with one attached hydrogen (secondary N) is 1. The number of Topliss-reactive ketones (excluding diaryl/α,β-unsaturated/α-hetero) is 1. The van der Waals surface area contributed by atoms with Crippen molar-refractivity contribution in [2.45, 2.75) is 20.3 Å². The molecule has 0 aliphatic heterocycles. The molecule has 144 valence electrons. The molecule has 6 nitrogen and oxygen atoms in total. The summed E-state index contributed by atoms with van der Waals surface area (Å²) >= 11 is 0. The quantitative estimate of drug-likeness (QED) is 0.523. The van der Waals surface area contributed by atoms with E-state index in [2.05, 4.69) is 4.98 Å². The maximum absolute atomic E-state index is 12.5. The molecule has 0 saturated heterocycles.